The third-order valence-corrected chi connectivity index (χ3v) is 7.45. The van der Waals surface area contributed by atoms with Crippen molar-refractivity contribution in [3.8, 4) is 17.9 Å². The minimum atomic E-state index is -4.82. The van der Waals surface area contributed by atoms with Gasteiger partial charge >= 0.3 is 6.18 Å². The first kappa shape index (κ1) is 31.6. The number of nitrogens with zero attached hydrogens (tertiary/aromatic N) is 6. The van der Waals surface area contributed by atoms with Crippen molar-refractivity contribution in [1.82, 2.24) is 30.4 Å². The van der Waals surface area contributed by atoms with Gasteiger partial charge in [-0.1, -0.05) is 11.8 Å². The highest BCUT2D eigenvalue weighted by atomic mass is 19.4. The number of carbonyl (C=O) groups excluding carboxylic acids is 4. The highest BCUT2D eigenvalue weighted by molar-refractivity contribution is 6.03. The summed E-state index contributed by atoms with van der Waals surface area (Å²) in [6.45, 7) is 4.24. The molecule has 0 aromatic carbocycles. The SMILES string of the molecule is CC(C)(C(=O)Nc1cnc(C#N)c(C(F)(F)F)c1)n1cc(C#CC2CN(c3ccc(C(=O)NC4CCC(=O)NC4=O)cn3)C2)cn1. The Hall–Kier alpha value is -5.77. The zero-order chi connectivity index (χ0) is 33.2. The quantitative estimate of drug-likeness (QED) is 0.271. The molecule has 46 heavy (non-hydrogen) atoms. The van der Waals surface area contributed by atoms with E-state index in [1.54, 1.807) is 18.3 Å². The summed E-state index contributed by atoms with van der Waals surface area (Å²) >= 11 is 0. The Balaban J connectivity index is 1.14. The number of nitrogens with one attached hydrogen (secondary N) is 3. The van der Waals surface area contributed by atoms with Crippen molar-refractivity contribution in [2.75, 3.05) is 23.3 Å². The van der Waals surface area contributed by atoms with Crippen LogP contribution in [0.2, 0.25) is 0 Å². The molecule has 0 saturated carbocycles. The van der Waals surface area contributed by atoms with Gasteiger partial charge in [-0.25, -0.2) is 9.97 Å². The molecular formula is C30H26F3N9O4. The van der Waals surface area contributed by atoms with Crippen molar-refractivity contribution in [2.45, 2.75) is 44.4 Å². The average molecular weight is 634 g/mol. The van der Waals surface area contributed by atoms with Crippen molar-refractivity contribution in [3.63, 3.8) is 0 Å². The summed E-state index contributed by atoms with van der Waals surface area (Å²) in [6.07, 6.45) is 0.996. The summed E-state index contributed by atoms with van der Waals surface area (Å²) in [5.41, 5.74) is -2.76. The molecule has 13 nitrogen and oxygen atoms in total. The van der Waals surface area contributed by atoms with Gasteiger partial charge in [-0.05, 0) is 38.5 Å². The van der Waals surface area contributed by atoms with Crippen molar-refractivity contribution in [3.05, 3.63) is 65.4 Å². The number of halogens is 3. The summed E-state index contributed by atoms with van der Waals surface area (Å²) in [5.74, 6) is 4.80. The van der Waals surface area contributed by atoms with Gasteiger partial charge in [0, 0.05) is 31.9 Å². The lowest BCUT2D eigenvalue weighted by atomic mass is 10.0. The molecule has 236 valence electrons. The maximum absolute atomic E-state index is 13.3. The molecule has 5 rings (SSSR count). The number of piperidine rings is 1. The first-order valence-electron chi connectivity index (χ1n) is 14.0. The van der Waals surface area contributed by atoms with Crippen LogP contribution in [-0.4, -0.2) is 62.5 Å². The fraction of sp³-hybridized carbons (Fsp3) is 0.333. The molecule has 16 heteroatoms. The van der Waals surface area contributed by atoms with E-state index in [1.165, 1.54) is 37.0 Å². The van der Waals surface area contributed by atoms with Crippen molar-refractivity contribution >= 4 is 35.1 Å². The number of anilines is 2. The van der Waals surface area contributed by atoms with Crippen LogP contribution in [0.25, 0.3) is 0 Å². The van der Waals surface area contributed by atoms with Gasteiger partial charge in [0.05, 0.1) is 40.7 Å². The number of aromatic nitrogens is 4. The minimum Gasteiger partial charge on any atom is -0.354 e. The highest BCUT2D eigenvalue weighted by Gasteiger charge is 2.36. The fourth-order valence-electron chi connectivity index (χ4n) is 4.64. The third kappa shape index (κ3) is 6.81. The average Bonchev–Trinajstić information content (AvgIpc) is 3.47. The summed E-state index contributed by atoms with van der Waals surface area (Å²) in [7, 11) is 0. The number of hydrogen-bond donors (Lipinski definition) is 3. The molecule has 0 aliphatic carbocycles. The lowest BCUT2D eigenvalue weighted by Crippen LogP contribution is -2.52. The summed E-state index contributed by atoms with van der Waals surface area (Å²) in [4.78, 5) is 58.5. The van der Waals surface area contributed by atoms with Gasteiger partial charge in [0.2, 0.25) is 11.8 Å². The number of hydrogen-bond acceptors (Lipinski definition) is 9. The van der Waals surface area contributed by atoms with Crippen LogP contribution in [0.15, 0.2) is 43.0 Å². The molecule has 2 aliphatic rings. The normalized spacial score (nSPS) is 16.8. The van der Waals surface area contributed by atoms with Crippen LogP contribution in [0.3, 0.4) is 0 Å². The number of amides is 4. The van der Waals surface area contributed by atoms with Crippen molar-refractivity contribution < 1.29 is 32.3 Å². The predicted octanol–water partition coefficient (Wildman–Crippen LogP) is 1.96. The maximum atomic E-state index is 13.3. The van der Waals surface area contributed by atoms with Gasteiger partial charge in [-0.2, -0.15) is 23.5 Å². The van der Waals surface area contributed by atoms with Crippen LogP contribution in [0, 0.1) is 29.1 Å². The minimum absolute atomic E-state index is 0.0173. The second-order valence-corrected chi connectivity index (χ2v) is 11.2. The molecule has 2 aliphatic heterocycles. The number of rotatable bonds is 6. The molecule has 5 heterocycles. The molecule has 2 fully saturated rings. The van der Waals surface area contributed by atoms with E-state index in [1.807, 2.05) is 4.90 Å². The van der Waals surface area contributed by atoms with E-state index in [-0.39, 0.29) is 35.9 Å². The lowest BCUT2D eigenvalue weighted by Gasteiger charge is -2.37. The molecule has 1 unspecified atom stereocenters. The number of alkyl halides is 3. The molecule has 3 aromatic heterocycles. The predicted molar refractivity (Wildman–Crippen MR) is 155 cm³/mol. The van der Waals surface area contributed by atoms with E-state index in [9.17, 15) is 32.3 Å². The first-order chi connectivity index (χ1) is 21.7. The van der Waals surface area contributed by atoms with Gasteiger partial charge in [0.25, 0.3) is 11.8 Å². The van der Waals surface area contributed by atoms with E-state index in [0.717, 1.165) is 6.20 Å². The van der Waals surface area contributed by atoms with E-state index in [4.69, 9.17) is 5.26 Å². The largest absolute Gasteiger partial charge is 0.419 e. The van der Waals surface area contributed by atoms with Crippen molar-refractivity contribution in [1.29, 1.82) is 5.26 Å². The molecule has 4 amide bonds. The van der Waals surface area contributed by atoms with Gasteiger partial charge in [0.1, 0.15) is 23.5 Å². The standard InChI is InChI=1S/C30H26F3N9O4/c1-29(2,28(46)38-20-9-21(30(31,32)33)23(10-34)35-13-20)42-16-17(11-37-42)3-4-18-14-41(15-18)24-7-5-19(12-36-24)26(44)39-22-6-8-25(43)40-27(22)45/h5,7,9,11-13,16,18,22H,6,8,14-15H2,1-2H3,(H,38,46)(H,39,44)(H,40,43,45). The molecule has 0 radical (unpaired) electrons. The molecular weight excluding hydrogens is 607 g/mol. The molecule has 1 atom stereocenters. The molecule has 2 saturated heterocycles. The van der Waals surface area contributed by atoms with E-state index >= 15 is 0 Å². The number of nitriles is 1. The lowest BCUT2D eigenvalue weighted by molar-refractivity contribution is -0.138. The van der Waals surface area contributed by atoms with Crippen molar-refractivity contribution in [2.24, 2.45) is 5.92 Å². The maximum Gasteiger partial charge on any atom is 0.419 e. The fourth-order valence-corrected chi connectivity index (χ4v) is 4.64. The Bertz CT molecular complexity index is 1810. The number of carbonyl (C=O) groups is 4. The number of imide groups is 1. The third-order valence-electron chi connectivity index (χ3n) is 7.45. The summed E-state index contributed by atoms with van der Waals surface area (Å²) < 4.78 is 41.2. The second kappa shape index (κ2) is 12.3. The van der Waals surface area contributed by atoms with E-state index in [0.29, 0.717) is 30.5 Å². The zero-order valence-electron chi connectivity index (χ0n) is 24.5. The van der Waals surface area contributed by atoms with E-state index < -0.39 is 46.7 Å². The van der Waals surface area contributed by atoms with Crippen LogP contribution in [0.5, 0.6) is 0 Å². The van der Waals surface area contributed by atoms with Crippen LogP contribution < -0.4 is 20.9 Å². The molecule has 0 bridgehead atoms. The molecule has 3 aromatic rings. The Morgan fingerprint density at radius 1 is 1.11 bits per heavy atom. The summed E-state index contributed by atoms with van der Waals surface area (Å²) in [6, 6.07) is 4.56. The van der Waals surface area contributed by atoms with Gasteiger partial charge in [-0.3, -0.25) is 29.2 Å². The monoisotopic (exact) mass is 633 g/mol. The van der Waals surface area contributed by atoms with Crippen LogP contribution >= 0.6 is 0 Å². The zero-order valence-corrected chi connectivity index (χ0v) is 24.5. The highest BCUT2D eigenvalue weighted by Crippen LogP contribution is 2.33. The van der Waals surface area contributed by atoms with Crippen LogP contribution in [-0.2, 0) is 26.1 Å². The van der Waals surface area contributed by atoms with Crippen LogP contribution in [0.1, 0.15) is 53.9 Å². The smallest absolute Gasteiger partial charge is 0.354 e. The van der Waals surface area contributed by atoms with E-state index in [2.05, 4.69) is 42.9 Å². The van der Waals surface area contributed by atoms with Gasteiger partial charge in [0.15, 0.2) is 5.69 Å². The molecule has 0 spiro atoms. The van der Waals surface area contributed by atoms with Crippen LogP contribution in [0.4, 0.5) is 24.7 Å². The Labute approximate surface area is 260 Å². The summed E-state index contributed by atoms with van der Waals surface area (Å²) in [5, 5.41) is 20.3. The topological polar surface area (TPSA) is 175 Å². The van der Waals surface area contributed by atoms with Gasteiger partial charge < -0.3 is 15.5 Å². The number of pyridine rings is 2. The Morgan fingerprint density at radius 2 is 1.87 bits per heavy atom. The van der Waals surface area contributed by atoms with Gasteiger partial charge in [-0.15, -0.1) is 0 Å². The second-order valence-electron chi connectivity index (χ2n) is 11.2. The Kier molecular flexibility index (Phi) is 8.47. The molecule has 3 N–H and O–H groups in total. The Morgan fingerprint density at radius 3 is 2.52 bits per heavy atom. The first-order valence-corrected chi connectivity index (χ1v) is 14.0.